The lowest BCUT2D eigenvalue weighted by atomic mass is 9.93. The third-order valence-corrected chi connectivity index (χ3v) is 8.57. The molecule has 0 spiro atoms. The molecule has 212 valence electrons. The van der Waals surface area contributed by atoms with E-state index in [0.29, 0.717) is 23.4 Å². The van der Waals surface area contributed by atoms with Gasteiger partial charge in [-0.2, -0.15) is 5.10 Å². The molecule has 2 aliphatic carbocycles. The first-order valence-corrected chi connectivity index (χ1v) is 14.8. The van der Waals surface area contributed by atoms with E-state index in [-0.39, 0.29) is 42.1 Å². The average Bonchev–Trinajstić information content (AvgIpc) is 3.60. The van der Waals surface area contributed by atoms with Crippen LogP contribution < -0.4 is 15.4 Å². The smallest absolute Gasteiger partial charge is 0.272 e. The Morgan fingerprint density at radius 3 is 2.54 bits per heavy atom. The molecule has 2 amide bonds. The van der Waals surface area contributed by atoms with Gasteiger partial charge in [-0.15, -0.1) is 0 Å². The van der Waals surface area contributed by atoms with Crippen LogP contribution in [-0.4, -0.2) is 65.3 Å². The Bertz CT molecular complexity index is 1140. The highest BCUT2D eigenvalue weighted by Gasteiger charge is 2.29. The fourth-order valence-corrected chi connectivity index (χ4v) is 6.11. The molecule has 5 rings (SSSR count). The number of methoxy groups -OCH3 is 1. The summed E-state index contributed by atoms with van der Waals surface area (Å²) in [6.45, 7) is 2.97. The predicted octanol–water partition coefficient (Wildman–Crippen LogP) is 4.85. The van der Waals surface area contributed by atoms with Crippen molar-refractivity contribution in [2.45, 2.75) is 95.2 Å². The number of likely N-dealkylation sites (tertiary alicyclic amines) is 1. The molecule has 9 heteroatoms. The van der Waals surface area contributed by atoms with Gasteiger partial charge in [-0.05, 0) is 82.7 Å². The van der Waals surface area contributed by atoms with Crippen LogP contribution in [-0.2, 0) is 4.79 Å². The van der Waals surface area contributed by atoms with E-state index in [4.69, 9.17) is 9.84 Å². The van der Waals surface area contributed by atoms with Crippen LogP contribution in [0.2, 0.25) is 0 Å². The van der Waals surface area contributed by atoms with Crippen molar-refractivity contribution in [3.8, 4) is 17.0 Å². The van der Waals surface area contributed by atoms with E-state index in [0.717, 1.165) is 64.6 Å². The van der Waals surface area contributed by atoms with Crippen molar-refractivity contribution in [2.75, 3.05) is 26.7 Å². The summed E-state index contributed by atoms with van der Waals surface area (Å²) in [4.78, 5) is 28.8. The first kappa shape index (κ1) is 27.6. The van der Waals surface area contributed by atoms with E-state index >= 15 is 4.39 Å². The van der Waals surface area contributed by atoms with Crippen molar-refractivity contribution >= 4 is 11.8 Å². The second kappa shape index (κ2) is 12.9. The molecule has 1 aromatic heterocycles. The van der Waals surface area contributed by atoms with Crippen LogP contribution in [0.25, 0.3) is 11.3 Å². The lowest BCUT2D eigenvalue weighted by Gasteiger charge is -2.29. The largest absolute Gasteiger partial charge is 0.496 e. The number of carbonyl (C=O) groups excluding carboxylic acids is 2. The molecule has 8 nitrogen and oxygen atoms in total. The number of benzene rings is 1. The van der Waals surface area contributed by atoms with Gasteiger partial charge in [-0.25, -0.2) is 4.39 Å². The lowest BCUT2D eigenvalue weighted by Crippen LogP contribution is -2.45. The lowest BCUT2D eigenvalue weighted by molar-refractivity contribution is -0.122. The zero-order valence-electron chi connectivity index (χ0n) is 23.1. The molecule has 2 heterocycles. The fraction of sp³-hybridized carbons (Fsp3) is 0.633. The highest BCUT2D eigenvalue weighted by atomic mass is 19.1. The summed E-state index contributed by atoms with van der Waals surface area (Å²) in [6.07, 6.45) is 11.8. The summed E-state index contributed by atoms with van der Waals surface area (Å²) in [6, 6.07) is 6.48. The minimum absolute atomic E-state index is 0.0167. The third-order valence-electron chi connectivity index (χ3n) is 8.57. The van der Waals surface area contributed by atoms with Crippen molar-refractivity contribution in [1.29, 1.82) is 0 Å². The minimum Gasteiger partial charge on any atom is -0.496 e. The van der Waals surface area contributed by atoms with Crippen LogP contribution in [0.4, 0.5) is 4.39 Å². The van der Waals surface area contributed by atoms with Crippen LogP contribution in [0.5, 0.6) is 5.75 Å². The Balaban J connectivity index is 1.36. The van der Waals surface area contributed by atoms with Gasteiger partial charge in [-0.1, -0.05) is 25.3 Å². The average molecular weight is 540 g/mol. The van der Waals surface area contributed by atoms with Crippen LogP contribution >= 0.6 is 0 Å². The van der Waals surface area contributed by atoms with Crippen molar-refractivity contribution < 1.29 is 18.7 Å². The van der Waals surface area contributed by atoms with Crippen molar-refractivity contribution in [2.24, 2.45) is 0 Å². The summed E-state index contributed by atoms with van der Waals surface area (Å²) in [5, 5.41) is 10.9. The minimum atomic E-state index is -0.410. The molecule has 3 aliphatic rings. The maximum atomic E-state index is 15.1. The summed E-state index contributed by atoms with van der Waals surface area (Å²) in [7, 11) is 1.52. The Morgan fingerprint density at radius 2 is 1.85 bits per heavy atom. The van der Waals surface area contributed by atoms with Crippen molar-refractivity contribution in [1.82, 2.24) is 25.3 Å². The molecular weight excluding hydrogens is 497 g/mol. The maximum Gasteiger partial charge on any atom is 0.272 e. The van der Waals surface area contributed by atoms with E-state index in [2.05, 4.69) is 15.5 Å². The van der Waals surface area contributed by atoms with E-state index in [9.17, 15) is 9.59 Å². The van der Waals surface area contributed by atoms with Crippen molar-refractivity contribution in [3.63, 3.8) is 0 Å². The van der Waals surface area contributed by atoms with E-state index in [1.54, 1.807) is 18.2 Å². The molecule has 2 aromatic rings. The SMILES string of the molecule is COc1cccc(F)c1-c1cc(C(=O)NC(CCN2CCCCC2)CC(=O)NC2CCC2)nn1C1CCCC1. The number of amides is 2. The van der Waals surface area contributed by atoms with Gasteiger partial charge in [0.05, 0.1) is 24.4 Å². The monoisotopic (exact) mass is 539 g/mol. The van der Waals surface area contributed by atoms with E-state index in [1.807, 2.05) is 4.68 Å². The van der Waals surface area contributed by atoms with E-state index in [1.165, 1.54) is 32.4 Å². The topological polar surface area (TPSA) is 88.5 Å². The second-order valence-corrected chi connectivity index (χ2v) is 11.4. The zero-order chi connectivity index (χ0) is 27.2. The van der Waals surface area contributed by atoms with Gasteiger partial charge in [0.2, 0.25) is 5.91 Å². The maximum absolute atomic E-state index is 15.1. The predicted molar refractivity (Wildman–Crippen MR) is 148 cm³/mol. The molecule has 1 atom stereocenters. The number of nitrogens with one attached hydrogen (secondary N) is 2. The number of hydrogen-bond donors (Lipinski definition) is 2. The summed E-state index contributed by atoms with van der Waals surface area (Å²) >= 11 is 0. The molecule has 1 aliphatic heterocycles. The number of hydrogen-bond acceptors (Lipinski definition) is 5. The molecule has 1 saturated heterocycles. The van der Waals surface area contributed by atoms with Gasteiger partial charge >= 0.3 is 0 Å². The fourth-order valence-electron chi connectivity index (χ4n) is 6.11. The van der Waals surface area contributed by atoms with Crippen LogP contribution in [0.3, 0.4) is 0 Å². The third kappa shape index (κ3) is 6.80. The standard InChI is InChI=1S/C30H42FN5O3/c1-39-27-14-8-13-24(31)29(27)26-20-25(34-36(26)23-11-3-4-12-23)30(38)33-22(15-18-35-16-5-2-6-17-35)19-28(37)32-21-9-7-10-21/h8,13-14,20-23H,2-7,9-12,15-19H2,1H3,(H,32,37)(H,33,38). The molecule has 39 heavy (non-hydrogen) atoms. The molecule has 3 fully saturated rings. The molecule has 1 aromatic carbocycles. The molecule has 0 radical (unpaired) electrons. The summed E-state index contributed by atoms with van der Waals surface area (Å²) < 4.78 is 22.4. The highest BCUT2D eigenvalue weighted by molar-refractivity contribution is 5.94. The van der Waals surface area contributed by atoms with Crippen LogP contribution in [0, 0.1) is 5.82 Å². The van der Waals surface area contributed by atoms with Crippen LogP contribution in [0.15, 0.2) is 24.3 Å². The normalized spacial score (nSPS) is 19.4. The van der Waals surface area contributed by atoms with Gasteiger partial charge in [0.25, 0.3) is 5.91 Å². The first-order chi connectivity index (χ1) is 19.0. The number of carbonyl (C=O) groups is 2. The molecule has 2 saturated carbocycles. The molecule has 2 N–H and O–H groups in total. The Kier molecular flexibility index (Phi) is 9.17. The second-order valence-electron chi connectivity index (χ2n) is 11.4. The number of piperidine rings is 1. The number of nitrogens with zero attached hydrogens (tertiary/aromatic N) is 3. The van der Waals surface area contributed by atoms with Gasteiger partial charge < -0.3 is 20.3 Å². The Labute approximate surface area is 230 Å². The zero-order valence-corrected chi connectivity index (χ0v) is 23.1. The number of aromatic nitrogens is 2. The number of halogens is 1. The summed E-state index contributed by atoms with van der Waals surface area (Å²) in [5.74, 6) is -0.346. The van der Waals surface area contributed by atoms with Gasteiger partial charge in [0, 0.05) is 25.0 Å². The summed E-state index contributed by atoms with van der Waals surface area (Å²) in [5.41, 5.74) is 1.11. The number of ether oxygens (including phenoxy) is 1. The highest BCUT2D eigenvalue weighted by Crippen LogP contribution is 2.38. The number of rotatable bonds is 11. The molecule has 0 bridgehead atoms. The van der Waals surface area contributed by atoms with Crippen LogP contribution in [0.1, 0.15) is 93.6 Å². The van der Waals surface area contributed by atoms with Gasteiger partial charge in [-0.3, -0.25) is 14.3 Å². The Morgan fingerprint density at radius 1 is 1.08 bits per heavy atom. The van der Waals surface area contributed by atoms with Gasteiger partial charge in [0.15, 0.2) is 5.69 Å². The molecule has 1 unspecified atom stereocenters. The first-order valence-electron chi connectivity index (χ1n) is 14.8. The Hall–Kier alpha value is -2.94. The quantitative estimate of drug-likeness (QED) is 0.426. The van der Waals surface area contributed by atoms with Gasteiger partial charge in [0.1, 0.15) is 11.6 Å². The molecular formula is C30H42FN5O3. The van der Waals surface area contributed by atoms with Crippen molar-refractivity contribution in [3.05, 3.63) is 35.8 Å². The van der Waals surface area contributed by atoms with E-state index < -0.39 is 5.82 Å².